The number of para-hydroxylation sites is 2. The van der Waals surface area contributed by atoms with Crippen LogP contribution >= 0.6 is 11.3 Å². The molecule has 0 spiro atoms. The van der Waals surface area contributed by atoms with Gasteiger partial charge in [-0.3, -0.25) is 0 Å². The van der Waals surface area contributed by atoms with Crippen molar-refractivity contribution in [3.63, 3.8) is 0 Å². The minimum Gasteiger partial charge on any atom is -0.311 e. The van der Waals surface area contributed by atoms with Gasteiger partial charge in [-0.15, -0.1) is 11.3 Å². The van der Waals surface area contributed by atoms with Gasteiger partial charge < -0.3 is 9.47 Å². The number of aromatic nitrogens is 1. The summed E-state index contributed by atoms with van der Waals surface area (Å²) in [6.07, 6.45) is 0. The molecule has 0 saturated carbocycles. The number of anilines is 3. The van der Waals surface area contributed by atoms with Crippen LogP contribution in [0.2, 0.25) is 0 Å². The molecule has 0 N–H and O–H groups in total. The van der Waals surface area contributed by atoms with E-state index in [-0.39, 0.29) is 0 Å². The Hall–Kier alpha value is -7.98. The fourth-order valence-corrected chi connectivity index (χ4v) is 12.0. The van der Waals surface area contributed by atoms with Crippen molar-refractivity contribution in [3.8, 4) is 27.9 Å². The third-order valence-corrected chi connectivity index (χ3v) is 14.7. The average Bonchev–Trinajstić information content (AvgIpc) is 4.02. The van der Waals surface area contributed by atoms with E-state index in [0.717, 1.165) is 22.7 Å². The maximum Gasteiger partial charge on any atom is 0.0713 e. The Bertz CT molecular complexity index is 3610. The van der Waals surface area contributed by atoms with Crippen LogP contribution in [-0.2, 0) is 5.41 Å². The summed E-state index contributed by atoms with van der Waals surface area (Å²) in [6, 6.07) is 89.4. The summed E-state index contributed by atoms with van der Waals surface area (Å²) < 4.78 is 5.03. The van der Waals surface area contributed by atoms with Gasteiger partial charge in [0.25, 0.3) is 0 Å². The van der Waals surface area contributed by atoms with Crippen LogP contribution in [0.25, 0.3) is 69.9 Å². The van der Waals surface area contributed by atoms with E-state index >= 15 is 0 Å². The molecule has 300 valence electrons. The molecule has 0 bridgehead atoms. The van der Waals surface area contributed by atoms with Gasteiger partial charge in [-0.05, 0) is 111 Å². The number of benzene rings is 10. The molecule has 0 radical (unpaired) electrons. The highest BCUT2D eigenvalue weighted by Gasteiger charge is 2.45. The van der Waals surface area contributed by atoms with Crippen LogP contribution in [0.4, 0.5) is 17.1 Å². The fourth-order valence-electron chi connectivity index (χ4n) is 10.7. The maximum atomic E-state index is 2.40. The Morgan fingerprint density at radius 3 is 1.45 bits per heavy atom. The summed E-state index contributed by atoms with van der Waals surface area (Å²) in [5, 5.41) is 5.15. The summed E-state index contributed by atoms with van der Waals surface area (Å²) in [5.74, 6) is 0. The topological polar surface area (TPSA) is 8.17 Å². The van der Waals surface area contributed by atoms with Crippen molar-refractivity contribution in [2.24, 2.45) is 0 Å². The van der Waals surface area contributed by atoms with E-state index in [9.17, 15) is 0 Å². The molecule has 2 nitrogen and oxygen atoms in total. The zero-order chi connectivity index (χ0) is 42.2. The van der Waals surface area contributed by atoms with E-state index in [4.69, 9.17) is 0 Å². The van der Waals surface area contributed by atoms with E-state index in [2.05, 4.69) is 252 Å². The van der Waals surface area contributed by atoms with Gasteiger partial charge in [-0.25, -0.2) is 0 Å². The number of rotatable bonds is 7. The largest absolute Gasteiger partial charge is 0.311 e. The van der Waals surface area contributed by atoms with E-state index in [1.165, 1.54) is 86.5 Å². The second kappa shape index (κ2) is 14.6. The number of fused-ring (bicyclic) bond motifs is 9. The summed E-state index contributed by atoms with van der Waals surface area (Å²) in [4.78, 5) is 2.40. The van der Waals surface area contributed by atoms with Crippen molar-refractivity contribution in [3.05, 3.63) is 265 Å². The third kappa shape index (κ3) is 5.44. The van der Waals surface area contributed by atoms with Crippen LogP contribution in [0.5, 0.6) is 0 Å². The molecule has 64 heavy (non-hydrogen) atoms. The van der Waals surface area contributed by atoms with Crippen molar-refractivity contribution in [2.75, 3.05) is 4.90 Å². The molecule has 1 aliphatic rings. The van der Waals surface area contributed by atoms with Crippen LogP contribution < -0.4 is 4.90 Å². The highest BCUT2D eigenvalue weighted by Crippen LogP contribution is 2.56. The van der Waals surface area contributed by atoms with Crippen LogP contribution in [0.1, 0.15) is 22.3 Å². The first-order valence-electron chi connectivity index (χ1n) is 22.0. The Balaban J connectivity index is 0.960. The summed E-state index contributed by atoms with van der Waals surface area (Å²) in [7, 11) is 0. The maximum absolute atomic E-state index is 2.40. The SMILES string of the molecule is c1ccc(C2(c3ccc(N(c4ccc(-c5cccc6c5sc5ccccc56)cc4)c4ccc(-n5c6ccccc6c6ccccc65)cc4)cc3)c3ccccc3-c3ccccc32)cc1. The van der Waals surface area contributed by atoms with Crippen molar-refractivity contribution in [1.29, 1.82) is 0 Å². The second-order valence-corrected chi connectivity index (χ2v) is 17.9. The van der Waals surface area contributed by atoms with Gasteiger partial charge in [0.05, 0.1) is 16.4 Å². The van der Waals surface area contributed by atoms with Crippen LogP contribution in [-0.4, -0.2) is 4.57 Å². The number of thiophene rings is 1. The Morgan fingerprint density at radius 2 is 0.812 bits per heavy atom. The summed E-state index contributed by atoms with van der Waals surface area (Å²) in [6.45, 7) is 0. The molecule has 0 aliphatic heterocycles. The number of nitrogens with zero attached hydrogens (tertiary/aromatic N) is 2. The molecule has 1 aliphatic carbocycles. The lowest BCUT2D eigenvalue weighted by molar-refractivity contribution is 0.768. The zero-order valence-electron chi connectivity index (χ0n) is 34.9. The van der Waals surface area contributed by atoms with Crippen molar-refractivity contribution < 1.29 is 0 Å². The van der Waals surface area contributed by atoms with Gasteiger partial charge in [-0.2, -0.15) is 0 Å². The molecule has 10 aromatic carbocycles. The summed E-state index contributed by atoms with van der Waals surface area (Å²) >= 11 is 1.88. The molecule has 2 aromatic heterocycles. The Labute approximate surface area is 376 Å². The second-order valence-electron chi connectivity index (χ2n) is 16.8. The first-order chi connectivity index (χ1) is 31.8. The predicted molar refractivity (Wildman–Crippen MR) is 271 cm³/mol. The van der Waals surface area contributed by atoms with E-state index in [0.29, 0.717) is 0 Å². The first-order valence-corrected chi connectivity index (χ1v) is 22.8. The van der Waals surface area contributed by atoms with Gasteiger partial charge in [0.2, 0.25) is 0 Å². The lowest BCUT2D eigenvalue weighted by atomic mass is 9.68. The van der Waals surface area contributed by atoms with Gasteiger partial charge in [0.1, 0.15) is 0 Å². The van der Waals surface area contributed by atoms with Crippen molar-refractivity contribution in [2.45, 2.75) is 5.41 Å². The van der Waals surface area contributed by atoms with Crippen molar-refractivity contribution in [1.82, 2.24) is 4.57 Å². The molecule has 0 fully saturated rings. The standard InChI is InChI=1S/C61H40N2S/c1-2-15-42(16-3-1)61(55-24-9-4-17-49(55)50-18-5-10-25-56(50)61)43-31-35-45(36-32-43)62(44-33-29-41(30-34-44)48-22-14-23-54-53-21-8-13-28-59(53)64-60(48)54)46-37-39-47(40-38-46)63-57-26-11-6-19-51(57)52-20-7-12-27-58(52)63/h1-40H. The molecular weight excluding hydrogens is 793 g/mol. The Morgan fingerprint density at radius 1 is 0.344 bits per heavy atom. The van der Waals surface area contributed by atoms with Crippen LogP contribution in [0.3, 0.4) is 0 Å². The van der Waals surface area contributed by atoms with E-state index in [1.807, 2.05) is 11.3 Å². The average molecular weight is 833 g/mol. The number of hydrogen-bond donors (Lipinski definition) is 0. The van der Waals surface area contributed by atoms with Crippen molar-refractivity contribution >= 4 is 70.4 Å². The monoisotopic (exact) mass is 832 g/mol. The zero-order valence-corrected chi connectivity index (χ0v) is 35.7. The highest BCUT2D eigenvalue weighted by molar-refractivity contribution is 7.26. The molecule has 0 atom stereocenters. The first kappa shape index (κ1) is 36.7. The smallest absolute Gasteiger partial charge is 0.0713 e. The van der Waals surface area contributed by atoms with Gasteiger partial charge in [-0.1, -0.05) is 176 Å². The molecule has 0 unspecified atom stereocenters. The van der Waals surface area contributed by atoms with E-state index < -0.39 is 5.41 Å². The molecule has 3 heteroatoms. The van der Waals surface area contributed by atoms with Gasteiger partial charge in [0.15, 0.2) is 0 Å². The molecule has 0 saturated heterocycles. The molecule has 12 aromatic rings. The van der Waals surface area contributed by atoms with Gasteiger partial charge >= 0.3 is 0 Å². The molecule has 13 rings (SSSR count). The predicted octanol–water partition coefficient (Wildman–Crippen LogP) is 16.7. The lowest BCUT2D eigenvalue weighted by Gasteiger charge is -2.34. The normalized spacial score (nSPS) is 12.8. The van der Waals surface area contributed by atoms with E-state index in [1.54, 1.807) is 0 Å². The Kier molecular flexibility index (Phi) is 8.34. The van der Waals surface area contributed by atoms with Gasteiger partial charge in [0, 0.05) is 53.7 Å². The third-order valence-electron chi connectivity index (χ3n) is 13.5. The summed E-state index contributed by atoms with van der Waals surface area (Å²) in [5.41, 5.74) is 16.6. The number of hydrogen-bond acceptors (Lipinski definition) is 2. The highest BCUT2D eigenvalue weighted by atomic mass is 32.1. The molecule has 2 heterocycles. The van der Waals surface area contributed by atoms with Crippen LogP contribution in [0.15, 0.2) is 243 Å². The lowest BCUT2D eigenvalue weighted by Crippen LogP contribution is -2.28. The quantitative estimate of drug-likeness (QED) is 0.155. The minimum atomic E-state index is -0.461. The van der Waals surface area contributed by atoms with Crippen LogP contribution in [0, 0.1) is 0 Å². The minimum absolute atomic E-state index is 0.461. The fraction of sp³-hybridized carbons (Fsp3) is 0.0164. The molecular formula is C61H40N2S. The molecule has 0 amide bonds.